The minimum Gasteiger partial charge on any atom is -0.356 e. The summed E-state index contributed by atoms with van der Waals surface area (Å²) in [5, 5.41) is 0. The van der Waals surface area contributed by atoms with Gasteiger partial charge in [0.1, 0.15) is 12.4 Å². The number of morpholine rings is 1. The molecule has 2 atom stereocenters. The molecule has 24 heavy (non-hydrogen) atoms. The van der Waals surface area contributed by atoms with Gasteiger partial charge in [0.15, 0.2) is 6.10 Å². The number of amides is 2. The topological polar surface area (TPSA) is 49.9 Å². The van der Waals surface area contributed by atoms with Gasteiger partial charge in [-0.2, -0.15) is 0 Å². The summed E-state index contributed by atoms with van der Waals surface area (Å²) < 4.78 is 18.9. The maximum absolute atomic E-state index is 13.2. The smallest absolute Gasteiger partial charge is 0.254 e. The number of nitrogens with zero attached hydrogens (tertiary/aromatic N) is 2. The number of likely N-dealkylation sites (N-methyl/N-ethyl adjacent to an activating group) is 1. The second-order valence-corrected chi connectivity index (χ2v) is 6.47. The van der Waals surface area contributed by atoms with Crippen molar-refractivity contribution in [3.8, 4) is 0 Å². The van der Waals surface area contributed by atoms with Crippen LogP contribution in [0.4, 0.5) is 4.39 Å². The van der Waals surface area contributed by atoms with E-state index in [-0.39, 0.29) is 24.2 Å². The van der Waals surface area contributed by atoms with Crippen molar-refractivity contribution >= 4 is 11.8 Å². The van der Waals surface area contributed by atoms with E-state index in [2.05, 4.69) is 0 Å². The molecule has 2 saturated heterocycles. The molecule has 2 aliphatic heterocycles. The lowest BCUT2D eigenvalue weighted by atomic mass is 9.97. The molecule has 130 valence electrons. The van der Waals surface area contributed by atoms with Crippen LogP contribution in [0, 0.1) is 5.82 Å². The molecule has 5 nitrogen and oxygen atoms in total. The van der Waals surface area contributed by atoms with Crippen molar-refractivity contribution in [2.45, 2.75) is 37.8 Å². The van der Waals surface area contributed by atoms with Crippen LogP contribution < -0.4 is 0 Å². The number of hydrogen-bond donors (Lipinski definition) is 0. The van der Waals surface area contributed by atoms with Gasteiger partial charge in [-0.3, -0.25) is 9.59 Å². The summed E-state index contributed by atoms with van der Waals surface area (Å²) in [4.78, 5) is 28.4. The van der Waals surface area contributed by atoms with Crippen molar-refractivity contribution in [3.05, 3.63) is 35.6 Å². The summed E-state index contributed by atoms with van der Waals surface area (Å²) in [6.45, 7) is 1.36. The van der Waals surface area contributed by atoms with Crippen LogP contribution in [0.15, 0.2) is 24.3 Å². The number of carbonyl (C=O) groups excluding carboxylic acids is 2. The highest BCUT2D eigenvalue weighted by Crippen LogP contribution is 2.30. The van der Waals surface area contributed by atoms with Crippen molar-refractivity contribution in [2.24, 2.45) is 0 Å². The maximum atomic E-state index is 13.2. The molecule has 3 rings (SSSR count). The summed E-state index contributed by atoms with van der Waals surface area (Å²) >= 11 is 0. The number of benzene rings is 1. The van der Waals surface area contributed by atoms with E-state index in [0.29, 0.717) is 5.56 Å². The number of hydrogen-bond acceptors (Lipinski definition) is 3. The lowest BCUT2D eigenvalue weighted by Crippen LogP contribution is -2.54. The van der Waals surface area contributed by atoms with Gasteiger partial charge in [0.25, 0.3) is 5.91 Å². The highest BCUT2D eigenvalue weighted by molar-refractivity contribution is 5.86. The molecule has 6 heteroatoms. The Morgan fingerprint density at radius 2 is 1.75 bits per heavy atom. The number of ether oxygens (including phenoxy) is 1. The van der Waals surface area contributed by atoms with Crippen molar-refractivity contribution in [3.63, 3.8) is 0 Å². The molecule has 0 bridgehead atoms. The van der Waals surface area contributed by atoms with E-state index in [1.54, 1.807) is 19.2 Å². The second-order valence-electron chi connectivity index (χ2n) is 6.47. The van der Waals surface area contributed by atoms with Gasteiger partial charge >= 0.3 is 0 Å². The quantitative estimate of drug-likeness (QED) is 0.832. The summed E-state index contributed by atoms with van der Waals surface area (Å²) in [5.41, 5.74) is 0.708. The highest BCUT2D eigenvalue weighted by Gasteiger charge is 2.41. The van der Waals surface area contributed by atoms with Crippen LogP contribution in [0.25, 0.3) is 0 Å². The molecule has 1 aromatic carbocycles. The van der Waals surface area contributed by atoms with E-state index in [1.165, 1.54) is 17.0 Å². The third-order valence-corrected chi connectivity index (χ3v) is 4.86. The molecular weight excluding hydrogens is 311 g/mol. The Morgan fingerprint density at radius 1 is 1.12 bits per heavy atom. The van der Waals surface area contributed by atoms with E-state index in [1.807, 2.05) is 4.90 Å². The lowest BCUT2D eigenvalue weighted by molar-refractivity contribution is -0.167. The lowest BCUT2D eigenvalue weighted by Gasteiger charge is -2.40. The van der Waals surface area contributed by atoms with Crippen LogP contribution in [0.3, 0.4) is 0 Å². The molecular formula is C18H23FN2O3. The summed E-state index contributed by atoms with van der Waals surface area (Å²) in [6, 6.07) is 5.39. The SMILES string of the molecule is CN1C(=O)CO[C@H](C(=O)N2CCCCCC2)[C@@H]1c1ccc(F)cc1. The van der Waals surface area contributed by atoms with Crippen molar-refractivity contribution < 1.29 is 18.7 Å². The van der Waals surface area contributed by atoms with Crippen LogP contribution in [0.1, 0.15) is 37.3 Å². The van der Waals surface area contributed by atoms with Gasteiger partial charge < -0.3 is 14.5 Å². The van der Waals surface area contributed by atoms with E-state index in [4.69, 9.17) is 4.74 Å². The molecule has 1 aromatic rings. The average molecular weight is 334 g/mol. The minimum absolute atomic E-state index is 0.0782. The van der Waals surface area contributed by atoms with Crippen LogP contribution in [-0.4, -0.2) is 54.5 Å². The molecule has 0 spiro atoms. The average Bonchev–Trinajstić information content (AvgIpc) is 2.87. The number of carbonyl (C=O) groups is 2. The minimum atomic E-state index is -0.740. The Morgan fingerprint density at radius 3 is 2.38 bits per heavy atom. The Bertz CT molecular complexity index is 597. The number of halogens is 1. The zero-order valence-electron chi connectivity index (χ0n) is 13.9. The second kappa shape index (κ2) is 7.30. The monoisotopic (exact) mass is 334 g/mol. The fourth-order valence-electron chi connectivity index (χ4n) is 3.45. The fraction of sp³-hybridized carbons (Fsp3) is 0.556. The van der Waals surface area contributed by atoms with E-state index in [9.17, 15) is 14.0 Å². The molecule has 0 unspecified atom stereocenters. The molecule has 0 aromatic heterocycles. The van der Waals surface area contributed by atoms with Gasteiger partial charge in [-0.15, -0.1) is 0 Å². The van der Waals surface area contributed by atoms with Gasteiger partial charge in [-0.05, 0) is 30.5 Å². The number of rotatable bonds is 2. The fourth-order valence-corrected chi connectivity index (χ4v) is 3.45. The maximum Gasteiger partial charge on any atom is 0.254 e. The van der Waals surface area contributed by atoms with Crippen molar-refractivity contribution in [2.75, 3.05) is 26.7 Å². The van der Waals surface area contributed by atoms with Gasteiger partial charge in [0, 0.05) is 20.1 Å². The zero-order valence-corrected chi connectivity index (χ0v) is 13.9. The predicted octanol–water partition coefficient (Wildman–Crippen LogP) is 2.13. The van der Waals surface area contributed by atoms with Gasteiger partial charge in [-0.25, -0.2) is 4.39 Å². The molecule has 2 amide bonds. The van der Waals surface area contributed by atoms with Gasteiger partial charge in [-0.1, -0.05) is 25.0 Å². The number of likely N-dealkylation sites (tertiary alicyclic amines) is 1. The van der Waals surface area contributed by atoms with Crippen molar-refractivity contribution in [1.82, 2.24) is 9.80 Å². The molecule has 0 aliphatic carbocycles. The van der Waals surface area contributed by atoms with Crippen LogP contribution >= 0.6 is 0 Å². The summed E-state index contributed by atoms with van der Waals surface area (Å²) in [6.07, 6.45) is 3.52. The first-order chi connectivity index (χ1) is 11.6. The third-order valence-electron chi connectivity index (χ3n) is 4.86. The Hall–Kier alpha value is -1.95. The molecule has 0 radical (unpaired) electrons. The third kappa shape index (κ3) is 3.43. The van der Waals surface area contributed by atoms with Crippen LogP contribution in [-0.2, 0) is 14.3 Å². The standard InChI is InChI=1S/C18H23FN2O3/c1-20-15(22)12-24-17(16(20)13-6-8-14(19)9-7-13)18(23)21-10-4-2-3-5-11-21/h6-9,16-17H,2-5,10-12H2,1H3/t16-,17-/m0/s1. The highest BCUT2D eigenvalue weighted by atomic mass is 19.1. The van der Waals surface area contributed by atoms with E-state index in [0.717, 1.165) is 38.8 Å². The first-order valence-electron chi connectivity index (χ1n) is 8.49. The molecule has 0 saturated carbocycles. The summed E-state index contributed by atoms with van der Waals surface area (Å²) in [7, 11) is 1.67. The summed E-state index contributed by atoms with van der Waals surface area (Å²) in [5.74, 6) is -0.602. The normalized spacial score (nSPS) is 25.5. The Labute approximate surface area is 141 Å². The van der Waals surface area contributed by atoms with Crippen molar-refractivity contribution in [1.29, 1.82) is 0 Å². The van der Waals surface area contributed by atoms with E-state index < -0.39 is 12.1 Å². The molecule has 2 heterocycles. The van der Waals surface area contributed by atoms with Crippen LogP contribution in [0.2, 0.25) is 0 Å². The molecule has 0 N–H and O–H groups in total. The Balaban J connectivity index is 1.86. The first kappa shape index (κ1) is 16.9. The predicted molar refractivity (Wildman–Crippen MR) is 86.7 cm³/mol. The molecule has 2 fully saturated rings. The largest absolute Gasteiger partial charge is 0.356 e. The van der Waals surface area contributed by atoms with E-state index >= 15 is 0 Å². The molecule has 2 aliphatic rings. The van der Waals surface area contributed by atoms with Crippen LogP contribution in [0.5, 0.6) is 0 Å². The Kier molecular flexibility index (Phi) is 5.14. The van der Waals surface area contributed by atoms with Gasteiger partial charge in [0.05, 0.1) is 6.04 Å². The van der Waals surface area contributed by atoms with Gasteiger partial charge in [0.2, 0.25) is 5.91 Å². The zero-order chi connectivity index (χ0) is 17.1. The first-order valence-corrected chi connectivity index (χ1v) is 8.49.